The predicted octanol–water partition coefficient (Wildman–Crippen LogP) is 5.07. The van der Waals surface area contributed by atoms with Gasteiger partial charge in [0.1, 0.15) is 17.1 Å². The van der Waals surface area contributed by atoms with E-state index in [1.54, 1.807) is 7.11 Å². The number of aromatic nitrogens is 2. The number of aliphatic hydroxyl groups is 1. The summed E-state index contributed by atoms with van der Waals surface area (Å²) in [6.07, 6.45) is 8.35. The molecule has 0 spiro atoms. The fraction of sp³-hybridized carbons (Fsp3) is 0.464. The maximum Gasteiger partial charge on any atom is 0.146 e. The van der Waals surface area contributed by atoms with Gasteiger partial charge in [0.15, 0.2) is 0 Å². The number of hydrogen-bond acceptors (Lipinski definition) is 4. The summed E-state index contributed by atoms with van der Waals surface area (Å²) in [4.78, 5) is 10.5. The first-order chi connectivity index (χ1) is 16.1. The molecule has 3 atom stereocenters. The first-order valence-electron chi connectivity index (χ1n) is 12.3. The molecule has 6 rings (SSSR count). The van der Waals surface area contributed by atoms with E-state index < -0.39 is 5.60 Å². The summed E-state index contributed by atoms with van der Waals surface area (Å²) in [6.45, 7) is 1.91. The van der Waals surface area contributed by atoms with Crippen molar-refractivity contribution in [2.75, 3.05) is 27.2 Å². The van der Waals surface area contributed by atoms with Crippen molar-refractivity contribution in [3.8, 4) is 5.75 Å². The highest BCUT2D eigenvalue weighted by atomic mass is 16.5. The molecule has 0 saturated heterocycles. The van der Waals surface area contributed by atoms with Crippen LogP contribution in [0.15, 0.2) is 54.6 Å². The number of imidazole rings is 1. The number of H-pyrrole nitrogens is 1. The number of rotatable bonds is 9. The molecule has 1 heterocycles. The number of aryl methyl sites for hydroxylation is 1. The number of fused-ring (bicyclic) bond motifs is 3. The van der Waals surface area contributed by atoms with E-state index in [9.17, 15) is 5.11 Å². The van der Waals surface area contributed by atoms with Crippen LogP contribution in [0.3, 0.4) is 0 Å². The number of nitrogens with zero attached hydrogens (tertiary/aromatic N) is 2. The SMILES string of the molecule is COc1cccc2[nH]c(CCCN(C)CC[C@]3(O)C[C@H]4CC[C@@H]3C=C4c3ccccc3)nc12. The highest BCUT2D eigenvalue weighted by Crippen LogP contribution is 2.51. The van der Waals surface area contributed by atoms with E-state index in [-0.39, 0.29) is 5.92 Å². The van der Waals surface area contributed by atoms with Gasteiger partial charge in [-0.1, -0.05) is 42.5 Å². The predicted molar refractivity (Wildman–Crippen MR) is 133 cm³/mol. The van der Waals surface area contributed by atoms with Crippen LogP contribution >= 0.6 is 0 Å². The molecule has 0 unspecified atom stereocenters. The van der Waals surface area contributed by atoms with E-state index in [1.807, 2.05) is 18.2 Å². The van der Waals surface area contributed by atoms with Gasteiger partial charge in [0.25, 0.3) is 0 Å². The molecule has 0 radical (unpaired) electrons. The van der Waals surface area contributed by atoms with E-state index in [0.29, 0.717) is 5.92 Å². The molecule has 5 heteroatoms. The van der Waals surface area contributed by atoms with Crippen molar-refractivity contribution >= 4 is 16.6 Å². The summed E-state index contributed by atoms with van der Waals surface area (Å²) in [5.74, 6) is 2.57. The summed E-state index contributed by atoms with van der Waals surface area (Å²) >= 11 is 0. The molecule has 1 fully saturated rings. The molecule has 1 aromatic heterocycles. The quantitative estimate of drug-likeness (QED) is 0.483. The first-order valence-corrected chi connectivity index (χ1v) is 12.3. The van der Waals surface area contributed by atoms with Gasteiger partial charge in [-0.3, -0.25) is 0 Å². The highest BCUT2D eigenvalue weighted by Gasteiger charge is 2.46. The summed E-state index contributed by atoms with van der Waals surface area (Å²) < 4.78 is 5.42. The summed E-state index contributed by atoms with van der Waals surface area (Å²) in [5, 5.41) is 11.5. The second kappa shape index (κ2) is 9.32. The Morgan fingerprint density at radius 3 is 2.73 bits per heavy atom. The fourth-order valence-corrected chi connectivity index (χ4v) is 5.79. The topological polar surface area (TPSA) is 61.4 Å². The Morgan fingerprint density at radius 1 is 1.12 bits per heavy atom. The number of ether oxygens (including phenoxy) is 1. The standard InChI is InChI=1S/C28H35N3O2/c1-31(16-7-12-26-29-24-10-6-11-25(33-2)27(24)30-26)17-15-28(32)19-21-13-14-22(28)18-23(21)20-8-4-3-5-9-20/h3-6,8-11,18,21-22,32H,7,12-17,19H2,1-2H3,(H,29,30)/t21-,22-,28+/m1/s1. The minimum atomic E-state index is -0.565. The molecule has 5 nitrogen and oxygen atoms in total. The van der Waals surface area contributed by atoms with E-state index in [0.717, 1.165) is 67.8 Å². The number of benzene rings is 2. The molecule has 3 aromatic rings. The van der Waals surface area contributed by atoms with Crippen LogP contribution in [-0.4, -0.2) is 52.8 Å². The summed E-state index contributed by atoms with van der Waals surface area (Å²) in [7, 11) is 3.85. The smallest absolute Gasteiger partial charge is 0.146 e. The van der Waals surface area contributed by atoms with Gasteiger partial charge in [-0.25, -0.2) is 4.98 Å². The largest absolute Gasteiger partial charge is 0.494 e. The van der Waals surface area contributed by atoms with Crippen molar-refractivity contribution in [2.45, 2.75) is 44.1 Å². The summed E-state index contributed by atoms with van der Waals surface area (Å²) in [5.41, 5.74) is 4.14. The molecule has 3 aliphatic rings. The lowest BCUT2D eigenvalue weighted by Crippen LogP contribution is -2.48. The maximum atomic E-state index is 11.5. The number of allylic oxidation sites excluding steroid dienone is 1. The average molecular weight is 446 g/mol. The lowest BCUT2D eigenvalue weighted by molar-refractivity contribution is -0.0574. The van der Waals surface area contributed by atoms with Crippen LogP contribution in [0.1, 0.15) is 43.5 Å². The lowest BCUT2D eigenvalue weighted by Gasteiger charge is -2.48. The van der Waals surface area contributed by atoms with Gasteiger partial charge in [-0.15, -0.1) is 0 Å². The molecule has 3 aliphatic carbocycles. The van der Waals surface area contributed by atoms with Gasteiger partial charge >= 0.3 is 0 Å². The second-order valence-corrected chi connectivity index (χ2v) is 9.87. The maximum absolute atomic E-state index is 11.5. The third-order valence-corrected chi connectivity index (χ3v) is 7.67. The zero-order valence-corrected chi connectivity index (χ0v) is 19.8. The lowest BCUT2D eigenvalue weighted by atomic mass is 9.61. The first kappa shape index (κ1) is 22.2. The summed E-state index contributed by atoms with van der Waals surface area (Å²) in [6, 6.07) is 16.7. The van der Waals surface area contributed by atoms with E-state index in [4.69, 9.17) is 9.72 Å². The van der Waals surface area contributed by atoms with Gasteiger partial charge in [-0.05, 0) is 74.9 Å². The zero-order valence-electron chi connectivity index (χ0n) is 19.8. The van der Waals surface area contributed by atoms with Gasteiger partial charge in [0.05, 0.1) is 18.2 Å². The minimum absolute atomic E-state index is 0.275. The van der Waals surface area contributed by atoms with Crippen LogP contribution in [0, 0.1) is 11.8 Å². The number of methoxy groups -OCH3 is 1. The van der Waals surface area contributed by atoms with Crippen LogP contribution < -0.4 is 4.74 Å². The third kappa shape index (κ3) is 4.57. The zero-order chi connectivity index (χ0) is 22.8. The van der Waals surface area contributed by atoms with Gasteiger partial charge in [0.2, 0.25) is 0 Å². The normalized spacial score (nSPS) is 24.4. The van der Waals surface area contributed by atoms with Crippen molar-refractivity contribution in [2.24, 2.45) is 11.8 Å². The Hall–Kier alpha value is -2.63. The van der Waals surface area contributed by atoms with Gasteiger partial charge < -0.3 is 19.7 Å². The van der Waals surface area contributed by atoms with Gasteiger partial charge in [0, 0.05) is 18.9 Å². The number of aromatic amines is 1. The monoisotopic (exact) mass is 445 g/mol. The molecule has 2 N–H and O–H groups in total. The van der Waals surface area contributed by atoms with E-state index in [1.165, 1.54) is 17.6 Å². The van der Waals surface area contributed by atoms with Crippen LogP contribution in [0.5, 0.6) is 5.75 Å². The molecular formula is C28H35N3O2. The molecule has 0 amide bonds. The minimum Gasteiger partial charge on any atom is -0.494 e. The Morgan fingerprint density at radius 2 is 1.97 bits per heavy atom. The third-order valence-electron chi connectivity index (χ3n) is 7.67. The Balaban J connectivity index is 1.13. The number of nitrogens with one attached hydrogen (secondary N) is 1. The molecule has 33 heavy (non-hydrogen) atoms. The average Bonchev–Trinajstić information content (AvgIpc) is 3.27. The molecular weight excluding hydrogens is 410 g/mol. The molecule has 174 valence electrons. The van der Waals surface area contributed by atoms with Crippen LogP contribution in [0.2, 0.25) is 0 Å². The number of hydrogen-bond donors (Lipinski definition) is 2. The fourth-order valence-electron chi connectivity index (χ4n) is 5.79. The second-order valence-electron chi connectivity index (χ2n) is 9.87. The highest BCUT2D eigenvalue weighted by molar-refractivity contribution is 5.81. The van der Waals surface area contributed by atoms with E-state index >= 15 is 0 Å². The number of para-hydroxylation sites is 1. The molecule has 2 aromatic carbocycles. The molecule has 2 bridgehead atoms. The Bertz CT molecular complexity index is 1120. The van der Waals surface area contributed by atoms with E-state index in [2.05, 4.69) is 53.3 Å². The van der Waals surface area contributed by atoms with Crippen LogP contribution in [0.25, 0.3) is 16.6 Å². The van der Waals surface area contributed by atoms with Gasteiger partial charge in [-0.2, -0.15) is 0 Å². The van der Waals surface area contributed by atoms with Crippen molar-refractivity contribution in [1.29, 1.82) is 0 Å². The van der Waals surface area contributed by atoms with Crippen LogP contribution in [0.4, 0.5) is 0 Å². The van der Waals surface area contributed by atoms with Crippen molar-refractivity contribution in [3.63, 3.8) is 0 Å². The Labute approximate surface area is 196 Å². The van der Waals surface area contributed by atoms with Crippen molar-refractivity contribution in [1.82, 2.24) is 14.9 Å². The molecule has 1 saturated carbocycles. The van der Waals surface area contributed by atoms with Crippen molar-refractivity contribution in [3.05, 3.63) is 66.0 Å². The molecule has 0 aliphatic heterocycles. The van der Waals surface area contributed by atoms with Crippen molar-refractivity contribution < 1.29 is 9.84 Å². The Kier molecular flexibility index (Phi) is 6.26. The van der Waals surface area contributed by atoms with Crippen LogP contribution in [-0.2, 0) is 6.42 Å².